The molecule has 0 saturated carbocycles. The van der Waals surface area contributed by atoms with Crippen molar-refractivity contribution in [2.75, 3.05) is 37.4 Å². The molecular formula is C22H31N5O5S. The minimum atomic E-state index is -3.75. The summed E-state index contributed by atoms with van der Waals surface area (Å²) in [6.07, 6.45) is 2.43. The average Bonchev–Trinajstić information content (AvgIpc) is 3.45. The third kappa shape index (κ3) is 5.36. The van der Waals surface area contributed by atoms with Crippen LogP contribution in [0.5, 0.6) is 0 Å². The fraction of sp³-hybridized carbons (Fsp3) is 0.500. The number of esters is 1. The number of aromatic nitrogens is 2. The molecule has 10 nitrogen and oxygen atoms in total. The molecule has 1 fully saturated rings. The summed E-state index contributed by atoms with van der Waals surface area (Å²) in [6.45, 7) is 6.85. The molecule has 0 aliphatic carbocycles. The number of benzene rings is 1. The molecule has 1 aromatic heterocycles. The Morgan fingerprint density at radius 1 is 1.12 bits per heavy atom. The zero-order chi connectivity index (χ0) is 24.3. The van der Waals surface area contributed by atoms with E-state index in [2.05, 4.69) is 10.4 Å². The summed E-state index contributed by atoms with van der Waals surface area (Å²) in [7, 11) is -0.894. The van der Waals surface area contributed by atoms with E-state index in [4.69, 9.17) is 4.74 Å². The molecule has 1 atom stereocenters. The smallest absolute Gasteiger partial charge is 0.341 e. The van der Waals surface area contributed by atoms with Gasteiger partial charge in [0.2, 0.25) is 10.0 Å². The summed E-state index contributed by atoms with van der Waals surface area (Å²) in [5, 5.41) is 6.89. The molecule has 1 amide bonds. The molecule has 11 heteroatoms. The molecule has 1 N–H and O–H groups in total. The van der Waals surface area contributed by atoms with Gasteiger partial charge in [-0.15, -0.1) is 0 Å². The third-order valence-corrected chi connectivity index (χ3v) is 7.29. The van der Waals surface area contributed by atoms with Crippen molar-refractivity contribution >= 4 is 33.4 Å². The van der Waals surface area contributed by atoms with Gasteiger partial charge in [0.15, 0.2) is 6.10 Å². The van der Waals surface area contributed by atoms with Crippen LogP contribution >= 0.6 is 0 Å². The van der Waals surface area contributed by atoms with Crippen molar-refractivity contribution in [2.24, 2.45) is 0 Å². The maximum atomic E-state index is 13.1. The maximum absolute atomic E-state index is 13.1. The van der Waals surface area contributed by atoms with Crippen LogP contribution in [0.25, 0.3) is 0 Å². The number of carbonyl (C=O) groups is 2. The lowest BCUT2D eigenvalue weighted by Gasteiger charge is -2.23. The summed E-state index contributed by atoms with van der Waals surface area (Å²) in [5.74, 6) is -0.770. The van der Waals surface area contributed by atoms with Crippen molar-refractivity contribution in [1.29, 1.82) is 0 Å². The molecule has 0 bridgehead atoms. The molecule has 2 heterocycles. The number of anilines is 2. The van der Waals surface area contributed by atoms with E-state index >= 15 is 0 Å². The van der Waals surface area contributed by atoms with E-state index in [1.54, 1.807) is 23.0 Å². The first-order valence-corrected chi connectivity index (χ1v) is 12.3. The molecule has 3 rings (SSSR count). The van der Waals surface area contributed by atoms with E-state index < -0.39 is 28.0 Å². The van der Waals surface area contributed by atoms with Crippen LogP contribution in [0.2, 0.25) is 0 Å². The number of nitrogens with one attached hydrogen (secondary N) is 1. The Labute approximate surface area is 194 Å². The van der Waals surface area contributed by atoms with Gasteiger partial charge in [-0.2, -0.15) is 5.10 Å². The third-order valence-electron chi connectivity index (χ3n) is 5.48. The van der Waals surface area contributed by atoms with E-state index in [1.165, 1.54) is 33.2 Å². The minimum absolute atomic E-state index is 0.0136. The summed E-state index contributed by atoms with van der Waals surface area (Å²) in [5.41, 5.74) is 0.715. The van der Waals surface area contributed by atoms with Gasteiger partial charge in [0.25, 0.3) is 5.91 Å². The molecule has 1 aliphatic heterocycles. The Kier molecular flexibility index (Phi) is 7.43. The molecule has 180 valence electrons. The van der Waals surface area contributed by atoms with E-state index in [-0.39, 0.29) is 16.5 Å². The van der Waals surface area contributed by atoms with Crippen LogP contribution in [0.3, 0.4) is 0 Å². The van der Waals surface area contributed by atoms with Gasteiger partial charge in [0.1, 0.15) is 5.82 Å². The molecule has 33 heavy (non-hydrogen) atoms. The highest BCUT2D eigenvalue weighted by Crippen LogP contribution is 2.29. The lowest BCUT2D eigenvalue weighted by atomic mass is 10.1. The first kappa shape index (κ1) is 24.7. The predicted molar refractivity (Wildman–Crippen MR) is 125 cm³/mol. The highest BCUT2D eigenvalue weighted by Gasteiger charge is 2.27. The quantitative estimate of drug-likeness (QED) is 0.581. The van der Waals surface area contributed by atoms with Crippen molar-refractivity contribution < 1.29 is 22.7 Å². The molecule has 0 radical (unpaired) electrons. The fourth-order valence-electron chi connectivity index (χ4n) is 3.61. The van der Waals surface area contributed by atoms with Gasteiger partial charge in [-0.1, -0.05) is 0 Å². The minimum Gasteiger partial charge on any atom is -0.449 e. The largest absolute Gasteiger partial charge is 0.449 e. The standard InChI is InChI=1S/C22H31N5O5S/c1-15(2)27-20(10-11-23-27)24-21(28)16(3)32-22(29)18-14-17(33(30,31)25(4)5)8-9-19(18)26-12-6-7-13-26/h8-11,14-16H,6-7,12-13H2,1-5H3,(H,24,28). The molecular weight excluding hydrogens is 446 g/mol. The first-order chi connectivity index (χ1) is 15.5. The Morgan fingerprint density at radius 2 is 1.79 bits per heavy atom. The summed E-state index contributed by atoms with van der Waals surface area (Å²) in [6, 6.07) is 6.14. The fourth-order valence-corrected chi connectivity index (χ4v) is 4.54. The van der Waals surface area contributed by atoms with Crippen molar-refractivity contribution in [3.05, 3.63) is 36.0 Å². The van der Waals surface area contributed by atoms with Crippen LogP contribution < -0.4 is 10.2 Å². The second kappa shape index (κ2) is 9.92. The normalized spacial score (nSPS) is 15.2. The van der Waals surface area contributed by atoms with E-state index in [0.29, 0.717) is 11.5 Å². The zero-order valence-electron chi connectivity index (χ0n) is 19.6. The van der Waals surface area contributed by atoms with Gasteiger partial charge < -0.3 is 15.0 Å². The second-order valence-electron chi connectivity index (χ2n) is 8.45. The first-order valence-electron chi connectivity index (χ1n) is 10.9. The van der Waals surface area contributed by atoms with Gasteiger partial charge in [-0.05, 0) is 51.8 Å². The SMILES string of the molecule is CC(OC(=O)c1cc(S(=O)(=O)N(C)C)ccc1N1CCCC1)C(=O)Nc1ccnn1C(C)C. The number of rotatable bonds is 8. The average molecular weight is 478 g/mol. The van der Waals surface area contributed by atoms with Crippen molar-refractivity contribution in [2.45, 2.75) is 50.7 Å². The molecule has 1 aliphatic rings. The molecule has 1 unspecified atom stereocenters. The Hall–Kier alpha value is -2.92. The van der Waals surface area contributed by atoms with E-state index in [9.17, 15) is 18.0 Å². The number of sulfonamides is 1. The van der Waals surface area contributed by atoms with Crippen molar-refractivity contribution in [3.8, 4) is 0 Å². The zero-order valence-corrected chi connectivity index (χ0v) is 20.4. The van der Waals surface area contributed by atoms with Gasteiger partial charge in [0, 0.05) is 39.3 Å². The van der Waals surface area contributed by atoms with Crippen LogP contribution in [-0.4, -0.2) is 67.7 Å². The number of hydrogen-bond donors (Lipinski definition) is 1. The lowest BCUT2D eigenvalue weighted by molar-refractivity contribution is -0.123. The highest BCUT2D eigenvalue weighted by atomic mass is 32.2. The van der Waals surface area contributed by atoms with Crippen LogP contribution in [0, 0.1) is 0 Å². The van der Waals surface area contributed by atoms with E-state index in [0.717, 1.165) is 30.2 Å². The maximum Gasteiger partial charge on any atom is 0.341 e. The van der Waals surface area contributed by atoms with Crippen LogP contribution in [0.15, 0.2) is 35.4 Å². The number of ether oxygens (including phenoxy) is 1. The van der Waals surface area contributed by atoms with Crippen LogP contribution in [0.4, 0.5) is 11.5 Å². The second-order valence-corrected chi connectivity index (χ2v) is 10.6. The molecule has 1 saturated heterocycles. The Balaban J connectivity index is 1.84. The Morgan fingerprint density at radius 3 is 2.39 bits per heavy atom. The number of carbonyl (C=O) groups excluding carboxylic acids is 2. The van der Waals surface area contributed by atoms with Gasteiger partial charge in [0.05, 0.1) is 22.3 Å². The lowest BCUT2D eigenvalue weighted by Crippen LogP contribution is -2.32. The highest BCUT2D eigenvalue weighted by molar-refractivity contribution is 7.89. The van der Waals surface area contributed by atoms with Crippen LogP contribution in [0.1, 0.15) is 50.0 Å². The predicted octanol–water partition coefficient (Wildman–Crippen LogP) is 2.50. The summed E-state index contributed by atoms with van der Waals surface area (Å²) in [4.78, 5) is 27.8. The van der Waals surface area contributed by atoms with Gasteiger partial charge in [-0.25, -0.2) is 22.2 Å². The number of hydrogen-bond acceptors (Lipinski definition) is 7. The van der Waals surface area contributed by atoms with Gasteiger partial charge >= 0.3 is 5.97 Å². The Bertz CT molecular complexity index is 1120. The number of amides is 1. The monoisotopic (exact) mass is 477 g/mol. The topological polar surface area (TPSA) is 114 Å². The van der Waals surface area contributed by atoms with E-state index in [1.807, 2.05) is 18.7 Å². The van der Waals surface area contributed by atoms with Crippen molar-refractivity contribution in [1.82, 2.24) is 14.1 Å². The summed E-state index contributed by atoms with van der Waals surface area (Å²) >= 11 is 0. The molecule has 2 aromatic rings. The summed E-state index contributed by atoms with van der Waals surface area (Å²) < 4.78 is 33.4. The number of nitrogens with zero attached hydrogens (tertiary/aromatic N) is 4. The van der Waals surface area contributed by atoms with Crippen molar-refractivity contribution in [3.63, 3.8) is 0 Å². The van der Waals surface area contributed by atoms with Gasteiger partial charge in [-0.3, -0.25) is 4.79 Å². The van der Waals surface area contributed by atoms with Crippen LogP contribution in [-0.2, 0) is 19.6 Å². The molecule has 0 spiro atoms. The molecule has 1 aromatic carbocycles.